The topological polar surface area (TPSA) is 77.5 Å². The maximum atomic E-state index is 8.56. The van der Waals surface area contributed by atoms with Crippen LogP contribution in [-0.4, -0.2) is 21.3 Å². The Morgan fingerprint density at radius 1 is 1.18 bits per heavy atom. The first-order valence-corrected chi connectivity index (χ1v) is 4.83. The molecule has 0 unspecified atom stereocenters. The lowest BCUT2D eigenvalue weighted by atomic mass is 10.1. The van der Waals surface area contributed by atoms with Gasteiger partial charge in [0.05, 0.1) is 27.4 Å². The molecule has 1 aromatic rings. The summed E-state index contributed by atoms with van der Waals surface area (Å²) in [6, 6.07) is 5.24. The van der Waals surface area contributed by atoms with Crippen LogP contribution in [0.15, 0.2) is 18.2 Å². The van der Waals surface area contributed by atoms with E-state index in [4.69, 9.17) is 25.2 Å². The summed E-state index contributed by atoms with van der Waals surface area (Å²) in [5.41, 5.74) is 6.71. The Morgan fingerprint density at radius 2 is 1.71 bits per heavy atom. The van der Waals surface area contributed by atoms with E-state index in [2.05, 4.69) is 0 Å². The van der Waals surface area contributed by atoms with Crippen molar-refractivity contribution in [2.24, 2.45) is 5.73 Å². The molecule has 0 saturated carbocycles. The highest BCUT2D eigenvalue weighted by Gasteiger charge is 2.13. The molecule has 0 amide bonds. The second-order valence-electron chi connectivity index (χ2n) is 3.14. The quantitative estimate of drug-likeness (QED) is 0.799. The highest BCUT2D eigenvalue weighted by Crippen LogP contribution is 2.39. The van der Waals surface area contributed by atoms with E-state index in [1.165, 1.54) is 27.4 Å². The van der Waals surface area contributed by atoms with Crippen LogP contribution >= 0.6 is 0 Å². The molecule has 5 nitrogen and oxygen atoms in total. The average molecular weight is 234 g/mol. The third kappa shape index (κ3) is 2.61. The van der Waals surface area contributed by atoms with Crippen molar-refractivity contribution < 1.29 is 14.2 Å². The molecule has 0 saturated heterocycles. The number of allylic oxidation sites excluding steroid dienone is 1. The van der Waals surface area contributed by atoms with Gasteiger partial charge < -0.3 is 19.9 Å². The fourth-order valence-electron chi connectivity index (χ4n) is 1.40. The summed E-state index contributed by atoms with van der Waals surface area (Å²) in [4.78, 5) is 0. The van der Waals surface area contributed by atoms with E-state index in [1.807, 2.05) is 6.07 Å². The van der Waals surface area contributed by atoms with Gasteiger partial charge in [0.15, 0.2) is 11.5 Å². The Labute approximate surface area is 100 Å². The first-order valence-electron chi connectivity index (χ1n) is 4.83. The normalized spacial score (nSPS) is 10.6. The van der Waals surface area contributed by atoms with E-state index in [0.717, 1.165) is 0 Å². The zero-order valence-electron chi connectivity index (χ0n) is 9.98. The minimum absolute atomic E-state index is 0.340. The lowest BCUT2D eigenvalue weighted by Gasteiger charge is -2.13. The number of ether oxygens (including phenoxy) is 3. The Hall–Kier alpha value is -2.35. The van der Waals surface area contributed by atoms with E-state index in [0.29, 0.717) is 28.5 Å². The van der Waals surface area contributed by atoms with Crippen LogP contribution in [0.2, 0.25) is 0 Å². The van der Waals surface area contributed by atoms with Crippen LogP contribution in [0.4, 0.5) is 0 Å². The number of rotatable bonds is 4. The molecular weight excluding hydrogens is 220 g/mol. The van der Waals surface area contributed by atoms with Crippen molar-refractivity contribution in [1.82, 2.24) is 0 Å². The van der Waals surface area contributed by atoms with Gasteiger partial charge in [-0.3, -0.25) is 0 Å². The molecule has 0 aliphatic rings. The molecule has 17 heavy (non-hydrogen) atoms. The number of nitriles is 1. The van der Waals surface area contributed by atoms with Crippen LogP contribution in [0.3, 0.4) is 0 Å². The molecule has 0 bridgehead atoms. The minimum atomic E-state index is 0.340. The fourth-order valence-corrected chi connectivity index (χ4v) is 1.40. The van der Waals surface area contributed by atoms with Gasteiger partial charge in [-0.1, -0.05) is 0 Å². The molecule has 5 heteroatoms. The number of methoxy groups -OCH3 is 3. The summed E-state index contributed by atoms with van der Waals surface area (Å²) in [5.74, 6) is 1.48. The van der Waals surface area contributed by atoms with Gasteiger partial charge >= 0.3 is 0 Å². The van der Waals surface area contributed by atoms with E-state index in [-0.39, 0.29) is 0 Å². The first kappa shape index (κ1) is 12.7. The smallest absolute Gasteiger partial charge is 0.203 e. The summed E-state index contributed by atoms with van der Waals surface area (Å²) in [7, 11) is 4.56. The third-order valence-corrected chi connectivity index (χ3v) is 2.22. The van der Waals surface area contributed by atoms with Crippen LogP contribution in [0.1, 0.15) is 5.56 Å². The minimum Gasteiger partial charge on any atom is -0.493 e. The fraction of sp³-hybridized carbons (Fsp3) is 0.250. The van der Waals surface area contributed by atoms with Crippen LogP contribution < -0.4 is 19.9 Å². The molecular formula is C12H14N2O3. The van der Waals surface area contributed by atoms with Gasteiger partial charge in [-0.15, -0.1) is 0 Å². The van der Waals surface area contributed by atoms with Crippen LogP contribution in [0.25, 0.3) is 5.70 Å². The van der Waals surface area contributed by atoms with Crippen molar-refractivity contribution in [3.8, 4) is 23.3 Å². The molecule has 0 heterocycles. The second-order valence-corrected chi connectivity index (χ2v) is 3.14. The molecule has 0 spiro atoms. The number of nitrogens with two attached hydrogens (primary N) is 1. The van der Waals surface area contributed by atoms with Crippen molar-refractivity contribution in [2.45, 2.75) is 0 Å². The second kappa shape index (κ2) is 5.66. The lowest BCUT2D eigenvalue weighted by molar-refractivity contribution is 0.324. The van der Waals surface area contributed by atoms with E-state index in [9.17, 15) is 0 Å². The SMILES string of the molecule is COc1cc(/C(N)=C/C#N)cc(OC)c1OC. The standard InChI is InChI=1S/C12H14N2O3/c1-15-10-6-8(9(14)4-5-13)7-11(16-2)12(10)17-3/h4,6-7H,14H2,1-3H3/b9-4-. The van der Waals surface area contributed by atoms with Gasteiger partial charge in [0.2, 0.25) is 5.75 Å². The molecule has 0 atom stereocenters. The highest BCUT2D eigenvalue weighted by molar-refractivity contribution is 5.70. The summed E-state index contributed by atoms with van der Waals surface area (Å²) < 4.78 is 15.5. The van der Waals surface area contributed by atoms with Crippen LogP contribution in [-0.2, 0) is 0 Å². The third-order valence-electron chi connectivity index (χ3n) is 2.22. The molecule has 90 valence electrons. The number of hydrogen-bond acceptors (Lipinski definition) is 5. The lowest BCUT2D eigenvalue weighted by Crippen LogP contribution is -2.00. The maximum absolute atomic E-state index is 8.56. The van der Waals surface area contributed by atoms with Gasteiger partial charge in [-0.25, -0.2) is 0 Å². The summed E-state index contributed by atoms with van der Waals surface area (Å²) >= 11 is 0. The summed E-state index contributed by atoms with van der Waals surface area (Å²) in [5, 5.41) is 8.56. The predicted molar refractivity (Wildman–Crippen MR) is 63.9 cm³/mol. The van der Waals surface area contributed by atoms with E-state index >= 15 is 0 Å². The predicted octanol–water partition coefficient (Wildman–Crippen LogP) is 1.54. The molecule has 1 rings (SSSR count). The van der Waals surface area contributed by atoms with Gasteiger partial charge in [0, 0.05) is 17.3 Å². The van der Waals surface area contributed by atoms with Gasteiger partial charge in [0.1, 0.15) is 0 Å². The number of nitrogens with zero attached hydrogens (tertiary/aromatic N) is 1. The van der Waals surface area contributed by atoms with Crippen molar-refractivity contribution in [1.29, 1.82) is 5.26 Å². The Morgan fingerprint density at radius 3 is 2.06 bits per heavy atom. The van der Waals surface area contributed by atoms with E-state index in [1.54, 1.807) is 12.1 Å². The van der Waals surface area contributed by atoms with Crippen LogP contribution in [0, 0.1) is 11.3 Å². The summed E-state index contributed by atoms with van der Waals surface area (Å²) in [6.07, 6.45) is 1.25. The van der Waals surface area contributed by atoms with Gasteiger partial charge in [-0.05, 0) is 12.1 Å². The number of hydrogen-bond donors (Lipinski definition) is 1. The van der Waals surface area contributed by atoms with Gasteiger partial charge in [-0.2, -0.15) is 5.26 Å². The zero-order chi connectivity index (χ0) is 12.8. The average Bonchev–Trinajstić information content (AvgIpc) is 2.37. The Kier molecular flexibility index (Phi) is 4.23. The van der Waals surface area contributed by atoms with Crippen molar-refractivity contribution in [2.75, 3.05) is 21.3 Å². The number of benzene rings is 1. The molecule has 0 aliphatic carbocycles. The van der Waals surface area contributed by atoms with Crippen molar-refractivity contribution >= 4 is 5.70 Å². The van der Waals surface area contributed by atoms with Crippen molar-refractivity contribution in [3.05, 3.63) is 23.8 Å². The largest absolute Gasteiger partial charge is 0.493 e. The Balaban J connectivity index is 3.38. The molecule has 0 fully saturated rings. The molecule has 2 N–H and O–H groups in total. The van der Waals surface area contributed by atoms with Gasteiger partial charge in [0.25, 0.3) is 0 Å². The molecule has 0 radical (unpaired) electrons. The zero-order valence-corrected chi connectivity index (χ0v) is 9.98. The van der Waals surface area contributed by atoms with E-state index < -0.39 is 0 Å². The molecule has 0 aliphatic heterocycles. The highest BCUT2D eigenvalue weighted by atomic mass is 16.5. The summed E-state index contributed by atoms with van der Waals surface area (Å²) in [6.45, 7) is 0. The monoisotopic (exact) mass is 234 g/mol. The van der Waals surface area contributed by atoms with Crippen LogP contribution in [0.5, 0.6) is 17.2 Å². The molecule has 0 aromatic heterocycles. The first-order chi connectivity index (χ1) is 8.17. The Bertz CT molecular complexity index is 450. The van der Waals surface area contributed by atoms with Crippen molar-refractivity contribution in [3.63, 3.8) is 0 Å². The molecule has 1 aromatic carbocycles. The maximum Gasteiger partial charge on any atom is 0.203 e.